The standard InChI is InChI=1S/C21H19N3O5S/c1-15(23)19(13-22)20(25)14-29-21(26)17-7-9-18(10-8-17)24-30(27,28)12-11-16-5-3-2-4-6-16/h2-12,19,24H,1,14,23H2/b12-11+/t19-/m0/s1. The molecule has 0 spiro atoms. The molecule has 0 amide bonds. The maximum Gasteiger partial charge on any atom is 0.338 e. The average Bonchev–Trinajstić information content (AvgIpc) is 2.72. The maximum atomic E-state index is 12.1. The van der Waals surface area contributed by atoms with Gasteiger partial charge in [0.15, 0.2) is 12.4 Å². The van der Waals surface area contributed by atoms with E-state index in [1.54, 1.807) is 30.3 Å². The zero-order valence-corrected chi connectivity index (χ0v) is 16.6. The number of nitriles is 1. The topological polar surface area (TPSA) is 139 Å². The number of rotatable bonds is 9. The second kappa shape index (κ2) is 10.0. The zero-order chi connectivity index (χ0) is 22.1. The number of anilines is 1. The van der Waals surface area contributed by atoms with Gasteiger partial charge in [-0.3, -0.25) is 9.52 Å². The second-order valence-electron chi connectivity index (χ2n) is 6.12. The lowest BCUT2D eigenvalue weighted by atomic mass is 10.0. The molecule has 30 heavy (non-hydrogen) atoms. The Morgan fingerprint density at radius 1 is 1.17 bits per heavy atom. The van der Waals surface area contributed by atoms with Crippen LogP contribution in [0, 0.1) is 17.2 Å². The second-order valence-corrected chi connectivity index (χ2v) is 7.68. The molecule has 9 heteroatoms. The summed E-state index contributed by atoms with van der Waals surface area (Å²) in [6.07, 6.45) is 1.45. The van der Waals surface area contributed by atoms with Crippen molar-refractivity contribution in [3.05, 3.63) is 83.4 Å². The molecule has 1 atom stereocenters. The lowest BCUT2D eigenvalue weighted by molar-refractivity contribution is -0.123. The van der Waals surface area contributed by atoms with Crippen molar-refractivity contribution in [2.24, 2.45) is 11.7 Å². The van der Waals surface area contributed by atoms with Gasteiger partial charge < -0.3 is 10.5 Å². The maximum absolute atomic E-state index is 12.1. The van der Waals surface area contributed by atoms with Crippen LogP contribution in [0.1, 0.15) is 15.9 Å². The average molecular weight is 425 g/mol. The van der Waals surface area contributed by atoms with Crippen LogP contribution < -0.4 is 10.5 Å². The first-order valence-corrected chi connectivity index (χ1v) is 10.2. The summed E-state index contributed by atoms with van der Waals surface area (Å²) in [7, 11) is -3.75. The number of hydrogen-bond donors (Lipinski definition) is 2. The normalized spacial score (nSPS) is 12.0. The van der Waals surface area contributed by atoms with Crippen molar-refractivity contribution < 1.29 is 22.7 Å². The van der Waals surface area contributed by atoms with Crippen molar-refractivity contribution in [2.75, 3.05) is 11.3 Å². The van der Waals surface area contributed by atoms with Gasteiger partial charge in [-0.05, 0) is 35.9 Å². The Kier molecular flexibility index (Phi) is 7.50. The Morgan fingerprint density at radius 2 is 1.80 bits per heavy atom. The third-order valence-electron chi connectivity index (χ3n) is 3.79. The molecule has 0 aliphatic rings. The fraction of sp³-hybridized carbons (Fsp3) is 0.0952. The van der Waals surface area contributed by atoms with Gasteiger partial charge in [0.1, 0.15) is 5.92 Å². The first-order chi connectivity index (χ1) is 14.2. The van der Waals surface area contributed by atoms with Gasteiger partial charge in [-0.15, -0.1) is 0 Å². The quantitative estimate of drug-likeness (QED) is 0.588. The lowest BCUT2D eigenvalue weighted by Gasteiger charge is -2.09. The third-order valence-corrected chi connectivity index (χ3v) is 4.80. The summed E-state index contributed by atoms with van der Waals surface area (Å²) >= 11 is 0. The number of Topliss-reactive ketones (excluding diaryl/α,β-unsaturated/α-hetero) is 1. The van der Waals surface area contributed by atoms with Crippen LogP contribution in [-0.4, -0.2) is 26.8 Å². The molecule has 0 bridgehead atoms. The van der Waals surface area contributed by atoms with E-state index in [0.717, 1.165) is 11.0 Å². The van der Waals surface area contributed by atoms with Crippen molar-refractivity contribution in [3.63, 3.8) is 0 Å². The van der Waals surface area contributed by atoms with Crippen molar-refractivity contribution in [3.8, 4) is 6.07 Å². The number of nitrogens with one attached hydrogen (secondary N) is 1. The molecule has 0 aliphatic carbocycles. The van der Waals surface area contributed by atoms with E-state index in [4.69, 9.17) is 15.7 Å². The first-order valence-electron chi connectivity index (χ1n) is 8.61. The number of sulfonamides is 1. The van der Waals surface area contributed by atoms with Gasteiger partial charge >= 0.3 is 5.97 Å². The van der Waals surface area contributed by atoms with Gasteiger partial charge in [0.25, 0.3) is 10.0 Å². The summed E-state index contributed by atoms with van der Waals surface area (Å²) in [5.41, 5.74) is 6.29. The number of benzene rings is 2. The summed E-state index contributed by atoms with van der Waals surface area (Å²) in [6.45, 7) is 2.70. The summed E-state index contributed by atoms with van der Waals surface area (Å²) in [5.74, 6) is -2.74. The van der Waals surface area contributed by atoms with Gasteiger partial charge in [-0.2, -0.15) is 5.26 Å². The van der Waals surface area contributed by atoms with Gasteiger partial charge in [0, 0.05) is 11.4 Å². The number of carbonyl (C=O) groups is 2. The van der Waals surface area contributed by atoms with Crippen LogP contribution in [0.25, 0.3) is 6.08 Å². The number of ketones is 1. The molecule has 0 unspecified atom stereocenters. The fourth-order valence-corrected chi connectivity index (χ4v) is 3.14. The predicted octanol–water partition coefficient (Wildman–Crippen LogP) is 2.44. The number of ether oxygens (including phenoxy) is 1. The Balaban J connectivity index is 1.96. The molecule has 154 valence electrons. The highest BCUT2D eigenvalue weighted by Gasteiger charge is 2.21. The molecular formula is C21H19N3O5S. The molecular weight excluding hydrogens is 406 g/mol. The molecule has 2 rings (SSSR count). The molecule has 0 fully saturated rings. The molecule has 3 N–H and O–H groups in total. The Morgan fingerprint density at radius 3 is 2.37 bits per heavy atom. The molecule has 0 radical (unpaired) electrons. The summed E-state index contributed by atoms with van der Waals surface area (Å²) in [6, 6.07) is 16.1. The Bertz CT molecular complexity index is 1100. The highest BCUT2D eigenvalue weighted by molar-refractivity contribution is 7.95. The summed E-state index contributed by atoms with van der Waals surface area (Å²) in [5, 5.41) is 9.90. The molecule has 2 aromatic carbocycles. The van der Waals surface area contributed by atoms with E-state index in [-0.39, 0.29) is 16.9 Å². The first kappa shape index (κ1) is 22.4. The van der Waals surface area contributed by atoms with Gasteiger partial charge in [0.05, 0.1) is 17.0 Å². The molecule has 0 heterocycles. The number of allylic oxidation sites excluding steroid dienone is 1. The Hall–Kier alpha value is -3.90. The van der Waals surface area contributed by atoms with E-state index in [2.05, 4.69) is 11.3 Å². The summed E-state index contributed by atoms with van der Waals surface area (Å²) in [4.78, 5) is 23.8. The smallest absolute Gasteiger partial charge is 0.338 e. The van der Waals surface area contributed by atoms with Crippen molar-refractivity contribution in [1.82, 2.24) is 0 Å². The fourth-order valence-electron chi connectivity index (χ4n) is 2.27. The highest BCUT2D eigenvalue weighted by Crippen LogP contribution is 2.14. The van der Waals surface area contributed by atoms with Gasteiger partial charge in [0.2, 0.25) is 0 Å². The van der Waals surface area contributed by atoms with Crippen molar-refractivity contribution in [1.29, 1.82) is 5.26 Å². The van der Waals surface area contributed by atoms with Crippen LogP contribution in [0.2, 0.25) is 0 Å². The molecule has 0 aliphatic heterocycles. The predicted molar refractivity (Wildman–Crippen MR) is 112 cm³/mol. The van der Waals surface area contributed by atoms with Gasteiger partial charge in [-0.1, -0.05) is 36.9 Å². The highest BCUT2D eigenvalue weighted by atomic mass is 32.2. The number of nitrogens with zero attached hydrogens (tertiary/aromatic N) is 1. The van der Waals surface area contributed by atoms with E-state index in [1.165, 1.54) is 30.3 Å². The minimum absolute atomic E-state index is 0.102. The molecule has 2 aromatic rings. The van der Waals surface area contributed by atoms with E-state index < -0.39 is 34.3 Å². The lowest BCUT2D eigenvalue weighted by Crippen LogP contribution is -2.25. The third kappa shape index (κ3) is 6.61. The van der Waals surface area contributed by atoms with Crippen LogP contribution in [0.15, 0.2) is 72.3 Å². The van der Waals surface area contributed by atoms with Crippen LogP contribution in [0.5, 0.6) is 0 Å². The van der Waals surface area contributed by atoms with Crippen LogP contribution in [0.4, 0.5) is 5.69 Å². The molecule has 8 nitrogen and oxygen atoms in total. The zero-order valence-electron chi connectivity index (χ0n) is 15.8. The van der Waals surface area contributed by atoms with Crippen molar-refractivity contribution >= 4 is 33.5 Å². The molecule has 0 aromatic heterocycles. The van der Waals surface area contributed by atoms with E-state index in [0.29, 0.717) is 0 Å². The van der Waals surface area contributed by atoms with Gasteiger partial charge in [-0.25, -0.2) is 13.2 Å². The summed E-state index contributed by atoms with van der Waals surface area (Å²) < 4.78 is 31.5. The van der Waals surface area contributed by atoms with E-state index >= 15 is 0 Å². The largest absolute Gasteiger partial charge is 0.454 e. The number of carbonyl (C=O) groups excluding carboxylic acids is 2. The molecule has 0 saturated heterocycles. The minimum atomic E-state index is -3.75. The monoisotopic (exact) mass is 425 g/mol. The number of nitrogens with two attached hydrogens (primary N) is 1. The minimum Gasteiger partial charge on any atom is -0.454 e. The Labute approximate surface area is 174 Å². The SMILES string of the molecule is C=C(N)[C@H](C#N)C(=O)COC(=O)c1ccc(NS(=O)(=O)/C=C/c2ccccc2)cc1. The van der Waals surface area contributed by atoms with E-state index in [9.17, 15) is 18.0 Å². The molecule has 0 saturated carbocycles. The number of hydrogen-bond acceptors (Lipinski definition) is 7. The van der Waals surface area contributed by atoms with Crippen LogP contribution in [-0.2, 0) is 19.6 Å². The van der Waals surface area contributed by atoms with Crippen molar-refractivity contribution in [2.45, 2.75) is 0 Å². The van der Waals surface area contributed by atoms with Crippen LogP contribution in [0.3, 0.4) is 0 Å². The van der Waals surface area contributed by atoms with Crippen LogP contribution >= 0.6 is 0 Å². The number of esters is 1. The van der Waals surface area contributed by atoms with E-state index in [1.807, 2.05) is 6.07 Å².